The number of carboxylic acids is 1. The Hall–Kier alpha value is -1.72. The van der Waals surface area contributed by atoms with E-state index < -0.39 is 5.97 Å². The minimum atomic E-state index is -0.988. The zero-order valence-corrected chi connectivity index (χ0v) is 7.97. The van der Waals surface area contributed by atoms with Crippen LogP contribution in [0.25, 0.3) is 0 Å². The molecular formula is C10H11NO4. The number of hydrogen-bond donors (Lipinski definition) is 2. The SMILES string of the molecule is NOCC(=O)Cc1ccc(C(=O)O)cc1. The van der Waals surface area contributed by atoms with Crippen molar-refractivity contribution in [3.8, 4) is 0 Å². The smallest absolute Gasteiger partial charge is 0.335 e. The summed E-state index contributed by atoms with van der Waals surface area (Å²) in [5.41, 5.74) is 0.934. The fourth-order valence-electron chi connectivity index (χ4n) is 1.14. The first-order valence-electron chi connectivity index (χ1n) is 4.29. The van der Waals surface area contributed by atoms with Crippen LogP contribution in [0.2, 0.25) is 0 Å². The Morgan fingerprint density at radius 2 is 1.87 bits per heavy atom. The van der Waals surface area contributed by atoms with E-state index in [9.17, 15) is 9.59 Å². The third kappa shape index (κ3) is 3.49. The number of aromatic carboxylic acids is 1. The molecule has 1 aromatic rings. The quantitative estimate of drug-likeness (QED) is 0.684. The average Bonchev–Trinajstić information content (AvgIpc) is 2.18. The number of rotatable bonds is 5. The van der Waals surface area contributed by atoms with Gasteiger partial charge in [0.25, 0.3) is 0 Å². The van der Waals surface area contributed by atoms with Crippen molar-refractivity contribution in [1.29, 1.82) is 0 Å². The first-order chi connectivity index (χ1) is 7.13. The highest BCUT2D eigenvalue weighted by Gasteiger charge is 2.05. The molecule has 1 aromatic carbocycles. The number of carboxylic acid groups (broad SMARTS) is 1. The third-order valence-corrected chi connectivity index (χ3v) is 1.85. The molecule has 5 nitrogen and oxygen atoms in total. The molecule has 0 heterocycles. The van der Waals surface area contributed by atoms with Gasteiger partial charge >= 0.3 is 5.97 Å². The summed E-state index contributed by atoms with van der Waals surface area (Å²) in [5, 5.41) is 8.64. The van der Waals surface area contributed by atoms with Gasteiger partial charge in [-0.25, -0.2) is 10.7 Å². The van der Waals surface area contributed by atoms with Crippen molar-refractivity contribution >= 4 is 11.8 Å². The molecule has 80 valence electrons. The molecule has 0 radical (unpaired) electrons. The van der Waals surface area contributed by atoms with Gasteiger partial charge in [0.1, 0.15) is 6.61 Å². The van der Waals surface area contributed by atoms with E-state index in [2.05, 4.69) is 4.84 Å². The van der Waals surface area contributed by atoms with E-state index in [0.29, 0.717) is 0 Å². The van der Waals surface area contributed by atoms with Gasteiger partial charge in [-0.1, -0.05) is 12.1 Å². The maximum absolute atomic E-state index is 11.1. The summed E-state index contributed by atoms with van der Waals surface area (Å²) in [6.07, 6.45) is 0.192. The number of nitrogens with two attached hydrogens (primary N) is 1. The van der Waals surface area contributed by atoms with Crippen LogP contribution in [0.4, 0.5) is 0 Å². The van der Waals surface area contributed by atoms with Gasteiger partial charge in [0.05, 0.1) is 5.56 Å². The molecular weight excluding hydrogens is 198 g/mol. The van der Waals surface area contributed by atoms with Crippen molar-refractivity contribution in [3.63, 3.8) is 0 Å². The summed E-state index contributed by atoms with van der Waals surface area (Å²) in [4.78, 5) is 25.8. The standard InChI is InChI=1S/C10H11NO4/c11-15-6-9(12)5-7-1-3-8(4-2-7)10(13)14/h1-4H,5-6,11H2,(H,13,14). The normalized spacial score (nSPS) is 9.93. The van der Waals surface area contributed by atoms with Crippen LogP contribution in [0.5, 0.6) is 0 Å². The van der Waals surface area contributed by atoms with Crippen molar-refractivity contribution in [2.24, 2.45) is 5.90 Å². The predicted molar refractivity (Wildman–Crippen MR) is 52.3 cm³/mol. The molecule has 0 aliphatic rings. The largest absolute Gasteiger partial charge is 0.478 e. The number of benzene rings is 1. The van der Waals surface area contributed by atoms with Gasteiger partial charge < -0.3 is 5.11 Å². The molecule has 0 unspecified atom stereocenters. The number of carbonyl (C=O) groups is 2. The zero-order chi connectivity index (χ0) is 11.3. The first-order valence-corrected chi connectivity index (χ1v) is 4.29. The summed E-state index contributed by atoms with van der Waals surface area (Å²) >= 11 is 0. The first kappa shape index (κ1) is 11.4. The molecule has 0 aromatic heterocycles. The molecule has 15 heavy (non-hydrogen) atoms. The van der Waals surface area contributed by atoms with Crippen LogP contribution in [0.1, 0.15) is 15.9 Å². The molecule has 0 aliphatic heterocycles. The van der Waals surface area contributed by atoms with Crippen LogP contribution >= 0.6 is 0 Å². The minimum absolute atomic E-state index is 0.138. The summed E-state index contributed by atoms with van der Waals surface area (Å²) in [6.45, 7) is -0.138. The van der Waals surface area contributed by atoms with E-state index in [4.69, 9.17) is 11.0 Å². The van der Waals surface area contributed by atoms with Gasteiger partial charge in [0, 0.05) is 6.42 Å². The molecule has 0 amide bonds. The Labute approximate surface area is 86.4 Å². The van der Waals surface area contributed by atoms with Crippen molar-refractivity contribution in [2.45, 2.75) is 6.42 Å². The highest BCUT2D eigenvalue weighted by molar-refractivity contribution is 5.88. The van der Waals surface area contributed by atoms with Gasteiger partial charge in [0.15, 0.2) is 5.78 Å². The highest BCUT2D eigenvalue weighted by atomic mass is 16.6. The van der Waals surface area contributed by atoms with Gasteiger partial charge in [-0.3, -0.25) is 9.63 Å². The van der Waals surface area contributed by atoms with Gasteiger partial charge in [-0.15, -0.1) is 0 Å². The summed E-state index contributed by atoms with van der Waals surface area (Å²) < 4.78 is 0. The predicted octanol–water partition coefficient (Wildman–Crippen LogP) is 0.387. The summed E-state index contributed by atoms with van der Waals surface area (Å²) in [5.74, 6) is 3.61. The molecule has 0 fully saturated rings. The van der Waals surface area contributed by atoms with E-state index in [1.807, 2.05) is 0 Å². The van der Waals surface area contributed by atoms with Crippen LogP contribution in [0, 0.1) is 0 Å². The van der Waals surface area contributed by atoms with E-state index >= 15 is 0 Å². The van der Waals surface area contributed by atoms with Gasteiger partial charge in [-0.2, -0.15) is 0 Å². The van der Waals surface area contributed by atoms with E-state index in [1.54, 1.807) is 12.1 Å². The number of ketones is 1. The van der Waals surface area contributed by atoms with E-state index in [-0.39, 0.29) is 24.4 Å². The monoisotopic (exact) mass is 209 g/mol. The Kier molecular flexibility index (Phi) is 3.96. The molecule has 1 rings (SSSR count). The van der Waals surface area contributed by atoms with Crippen LogP contribution in [0.3, 0.4) is 0 Å². The van der Waals surface area contributed by atoms with Crippen molar-refractivity contribution < 1.29 is 19.5 Å². The molecule has 5 heteroatoms. The highest BCUT2D eigenvalue weighted by Crippen LogP contribution is 2.05. The molecule has 0 aliphatic carbocycles. The summed E-state index contributed by atoms with van der Waals surface area (Å²) in [7, 11) is 0. The third-order valence-electron chi connectivity index (χ3n) is 1.85. The number of Topliss-reactive ketones (excluding diaryl/α,β-unsaturated/α-hetero) is 1. The maximum atomic E-state index is 11.1. The van der Waals surface area contributed by atoms with Crippen molar-refractivity contribution in [1.82, 2.24) is 0 Å². The topological polar surface area (TPSA) is 89.6 Å². The lowest BCUT2D eigenvalue weighted by Gasteiger charge is -2.00. The minimum Gasteiger partial charge on any atom is -0.478 e. The Balaban J connectivity index is 2.64. The Morgan fingerprint density at radius 3 is 2.33 bits per heavy atom. The Bertz CT molecular complexity index is 358. The fraction of sp³-hybridized carbons (Fsp3) is 0.200. The second-order valence-electron chi connectivity index (χ2n) is 3.03. The second-order valence-corrected chi connectivity index (χ2v) is 3.03. The Morgan fingerprint density at radius 1 is 1.27 bits per heavy atom. The molecule has 0 atom stereocenters. The van der Waals surface area contributed by atoms with Crippen LogP contribution in [0.15, 0.2) is 24.3 Å². The molecule has 3 N–H and O–H groups in total. The molecule has 0 saturated heterocycles. The number of carbonyl (C=O) groups excluding carboxylic acids is 1. The lowest BCUT2D eigenvalue weighted by molar-refractivity contribution is -0.123. The molecule has 0 bridgehead atoms. The van der Waals surface area contributed by atoms with Crippen LogP contribution in [-0.2, 0) is 16.1 Å². The lowest BCUT2D eigenvalue weighted by Crippen LogP contribution is -2.14. The molecule has 0 spiro atoms. The lowest BCUT2D eigenvalue weighted by atomic mass is 10.1. The van der Waals surface area contributed by atoms with E-state index in [0.717, 1.165) is 5.56 Å². The van der Waals surface area contributed by atoms with E-state index in [1.165, 1.54) is 12.1 Å². The van der Waals surface area contributed by atoms with Crippen molar-refractivity contribution in [3.05, 3.63) is 35.4 Å². The average molecular weight is 209 g/mol. The number of hydrogen-bond acceptors (Lipinski definition) is 4. The van der Waals surface area contributed by atoms with Gasteiger partial charge in [-0.05, 0) is 17.7 Å². The zero-order valence-electron chi connectivity index (χ0n) is 7.97. The molecule has 0 saturated carbocycles. The van der Waals surface area contributed by atoms with Crippen LogP contribution in [-0.4, -0.2) is 23.5 Å². The van der Waals surface area contributed by atoms with Gasteiger partial charge in [0.2, 0.25) is 0 Å². The van der Waals surface area contributed by atoms with Crippen molar-refractivity contribution in [2.75, 3.05) is 6.61 Å². The fourth-order valence-corrected chi connectivity index (χ4v) is 1.14. The maximum Gasteiger partial charge on any atom is 0.335 e. The second kappa shape index (κ2) is 5.23. The van der Waals surface area contributed by atoms with Crippen LogP contribution < -0.4 is 5.90 Å². The summed E-state index contributed by atoms with van der Waals surface area (Å²) in [6, 6.07) is 6.10.